The molecule has 1 aromatic heterocycles. The van der Waals surface area contributed by atoms with Crippen molar-refractivity contribution in [3.05, 3.63) is 30.1 Å². The largest absolute Gasteiger partial charge is 0.379 e. The van der Waals surface area contributed by atoms with Gasteiger partial charge < -0.3 is 9.30 Å². The van der Waals surface area contributed by atoms with Gasteiger partial charge in [-0.3, -0.25) is 4.90 Å². The number of aryl methyl sites for hydroxylation is 1. The standard InChI is InChI=1S/C14H19N3O.ClH/c1-2-17-13-6-4-3-5-12(13)15-14(17)11-16-7-9-18-10-8-16;/h3-6H,2,7-11H2,1H3;1H. The average Bonchev–Trinajstić information content (AvgIpc) is 2.77. The minimum atomic E-state index is 0. The molecule has 3 rings (SSSR count). The van der Waals surface area contributed by atoms with Crippen molar-refractivity contribution in [3.63, 3.8) is 0 Å². The van der Waals surface area contributed by atoms with Crippen LogP contribution in [0.25, 0.3) is 11.0 Å². The number of nitrogens with zero attached hydrogens (tertiary/aromatic N) is 3. The summed E-state index contributed by atoms with van der Waals surface area (Å²) in [5, 5.41) is 0. The molecule has 5 heteroatoms. The third kappa shape index (κ3) is 2.91. The zero-order valence-electron chi connectivity index (χ0n) is 11.2. The highest BCUT2D eigenvalue weighted by Gasteiger charge is 2.15. The molecule has 1 fully saturated rings. The smallest absolute Gasteiger partial charge is 0.124 e. The van der Waals surface area contributed by atoms with Crippen molar-refractivity contribution in [1.29, 1.82) is 0 Å². The van der Waals surface area contributed by atoms with Crippen molar-refractivity contribution in [2.75, 3.05) is 26.3 Å². The number of benzene rings is 1. The Bertz CT molecular complexity index is 534. The third-order valence-corrected chi connectivity index (χ3v) is 3.52. The summed E-state index contributed by atoms with van der Waals surface area (Å²) >= 11 is 0. The monoisotopic (exact) mass is 281 g/mol. The van der Waals surface area contributed by atoms with Gasteiger partial charge in [0.15, 0.2) is 0 Å². The van der Waals surface area contributed by atoms with Crippen LogP contribution < -0.4 is 0 Å². The number of para-hydroxylation sites is 2. The van der Waals surface area contributed by atoms with Crippen LogP contribution in [0, 0.1) is 0 Å². The molecule has 104 valence electrons. The summed E-state index contributed by atoms with van der Waals surface area (Å²) in [4.78, 5) is 7.17. The lowest BCUT2D eigenvalue weighted by molar-refractivity contribution is 0.0327. The van der Waals surface area contributed by atoms with Gasteiger partial charge >= 0.3 is 0 Å². The molecular weight excluding hydrogens is 262 g/mol. The summed E-state index contributed by atoms with van der Waals surface area (Å²) in [6, 6.07) is 8.36. The quantitative estimate of drug-likeness (QED) is 0.865. The van der Waals surface area contributed by atoms with E-state index in [1.165, 1.54) is 11.3 Å². The van der Waals surface area contributed by atoms with Crippen molar-refractivity contribution >= 4 is 23.4 Å². The number of hydrogen-bond donors (Lipinski definition) is 0. The SMILES string of the molecule is CCn1c(CN2CCOCC2)nc2ccccc21.Cl. The van der Waals surface area contributed by atoms with Crippen LogP contribution in [0.5, 0.6) is 0 Å². The molecule has 1 saturated heterocycles. The lowest BCUT2D eigenvalue weighted by atomic mass is 10.3. The van der Waals surface area contributed by atoms with Crippen molar-refractivity contribution in [3.8, 4) is 0 Å². The molecule has 0 saturated carbocycles. The van der Waals surface area contributed by atoms with Crippen LogP contribution in [-0.2, 0) is 17.8 Å². The minimum absolute atomic E-state index is 0. The summed E-state index contributed by atoms with van der Waals surface area (Å²) in [6.07, 6.45) is 0. The molecule has 2 heterocycles. The van der Waals surface area contributed by atoms with E-state index in [0.29, 0.717) is 0 Å². The van der Waals surface area contributed by atoms with E-state index in [4.69, 9.17) is 9.72 Å². The number of imidazole rings is 1. The fraction of sp³-hybridized carbons (Fsp3) is 0.500. The fourth-order valence-corrected chi connectivity index (χ4v) is 2.56. The lowest BCUT2D eigenvalue weighted by Gasteiger charge is -2.26. The molecule has 1 aromatic carbocycles. The first kappa shape index (κ1) is 14.3. The zero-order valence-corrected chi connectivity index (χ0v) is 12.0. The van der Waals surface area contributed by atoms with Crippen molar-refractivity contribution < 1.29 is 4.74 Å². The Morgan fingerprint density at radius 1 is 1.21 bits per heavy atom. The lowest BCUT2D eigenvalue weighted by Crippen LogP contribution is -2.36. The summed E-state index contributed by atoms with van der Waals surface area (Å²) in [7, 11) is 0. The Kier molecular flexibility index (Phi) is 4.80. The first-order valence-corrected chi connectivity index (χ1v) is 6.62. The van der Waals surface area contributed by atoms with E-state index in [9.17, 15) is 0 Å². The Morgan fingerprint density at radius 2 is 1.95 bits per heavy atom. The normalized spacial score (nSPS) is 16.5. The first-order valence-electron chi connectivity index (χ1n) is 6.62. The maximum atomic E-state index is 5.38. The second-order valence-electron chi connectivity index (χ2n) is 4.65. The van der Waals surface area contributed by atoms with Crippen LogP contribution in [0.3, 0.4) is 0 Å². The molecule has 2 aromatic rings. The van der Waals surface area contributed by atoms with E-state index >= 15 is 0 Å². The van der Waals surface area contributed by atoms with Crippen LogP contribution >= 0.6 is 12.4 Å². The van der Waals surface area contributed by atoms with Gasteiger partial charge in [0.05, 0.1) is 30.8 Å². The van der Waals surface area contributed by atoms with E-state index in [-0.39, 0.29) is 12.4 Å². The van der Waals surface area contributed by atoms with Gasteiger partial charge in [-0.05, 0) is 19.1 Å². The minimum Gasteiger partial charge on any atom is -0.379 e. The molecule has 19 heavy (non-hydrogen) atoms. The molecule has 0 bridgehead atoms. The number of fused-ring (bicyclic) bond motifs is 1. The molecule has 0 amide bonds. The Labute approximate surface area is 119 Å². The molecule has 0 spiro atoms. The summed E-state index contributed by atoms with van der Waals surface area (Å²) in [5.41, 5.74) is 2.34. The van der Waals surface area contributed by atoms with Crippen LogP contribution in [-0.4, -0.2) is 40.8 Å². The molecule has 0 atom stereocenters. The highest BCUT2D eigenvalue weighted by molar-refractivity contribution is 5.85. The van der Waals surface area contributed by atoms with Crippen LogP contribution in [0.4, 0.5) is 0 Å². The number of halogens is 1. The molecule has 1 aliphatic rings. The first-order chi connectivity index (χ1) is 8.88. The molecule has 0 aliphatic carbocycles. The number of hydrogen-bond acceptors (Lipinski definition) is 3. The van der Waals surface area contributed by atoms with Gasteiger partial charge in [-0.2, -0.15) is 0 Å². The molecule has 1 aliphatic heterocycles. The Morgan fingerprint density at radius 3 is 2.68 bits per heavy atom. The molecule has 4 nitrogen and oxygen atoms in total. The van der Waals surface area contributed by atoms with Crippen LogP contribution in [0.1, 0.15) is 12.7 Å². The van der Waals surface area contributed by atoms with Gasteiger partial charge in [0.1, 0.15) is 5.82 Å². The van der Waals surface area contributed by atoms with E-state index in [0.717, 1.165) is 44.9 Å². The van der Waals surface area contributed by atoms with Crippen LogP contribution in [0.15, 0.2) is 24.3 Å². The fourth-order valence-electron chi connectivity index (χ4n) is 2.56. The maximum Gasteiger partial charge on any atom is 0.124 e. The van der Waals surface area contributed by atoms with E-state index < -0.39 is 0 Å². The van der Waals surface area contributed by atoms with Crippen molar-refractivity contribution in [2.24, 2.45) is 0 Å². The zero-order chi connectivity index (χ0) is 12.4. The maximum absolute atomic E-state index is 5.38. The van der Waals surface area contributed by atoms with Crippen molar-refractivity contribution in [2.45, 2.75) is 20.0 Å². The van der Waals surface area contributed by atoms with Gasteiger partial charge in [0.25, 0.3) is 0 Å². The summed E-state index contributed by atoms with van der Waals surface area (Å²) in [5.74, 6) is 1.17. The molecule has 0 N–H and O–H groups in total. The summed E-state index contributed by atoms with van der Waals surface area (Å²) < 4.78 is 7.69. The molecule has 0 radical (unpaired) electrons. The Balaban J connectivity index is 0.00000133. The van der Waals surface area contributed by atoms with Gasteiger partial charge in [-0.1, -0.05) is 12.1 Å². The van der Waals surface area contributed by atoms with E-state index in [1.54, 1.807) is 0 Å². The number of aromatic nitrogens is 2. The van der Waals surface area contributed by atoms with Gasteiger partial charge in [-0.25, -0.2) is 4.98 Å². The van der Waals surface area contributed by atoms with Crippen molar-refractivity contribution in [1.82, 2.24) is 14.5 Å². The van der Waals surface area contributed by atoms with Gasteiger partial charge in [0, 0.05) is 19.6 Å². The third-order valence-electron chi connectivity index (χ3n) is 3.52. The van der Waals surface area contributed by atoms with Gasteiger partial charge in [0.2, 0.25) is 0 Å². The number of ether oxygens (including phenoxy) is 1. The van der Waals surface area contributed by atoms with E-state index in [2.05, 4.69) is 34.6 Å². The second kappa shape index (κ2) is 6.37. The highest BCUT2D eigenvalue weighted by atomic mass is 35.5. The molecule has 0 unspecified atom stereocenters. The summed E-state index contributed by atoms with van der Waals surface area (Å²) in [6.45, 7) is 7.77. The predicted molar refractivity (Wildman–Crippen MR) is 78.8 cm³/mol. The second-order valence-corrected chi connectivity index (χ2v) is 4.65. The molecular formula is C14H20ClN3O. The topological polar surface area (TPSA) is 30.3 Å². The van der Waals surface area contributed by atoms with E-state index in [1.807, 2.05) is 6.07 Å². The average molecular weight is 282 g/mol. The van der Waals surface area contributed by atoms with Crippen LogP contribution in [0.2, 0.25) is 0 Å². The van der Waals surface area contributed by atoms with Gasteiger partial charge in [-0.15, -0.1) is 12.4 Å². The Hall–Kier alpha value is -1.10. The highest BCUT2D eigenvalue weighted by Crippen LogP contribution is 2.17. The number of morpholine rings is 1. The predicted octanol–water partition coefficient (Wildman–Crippen LogP) is 2.31. The number of rotatable bonds is 3.